The van der Waals surface area contributed by atoms with Crippen molar-refractivity contribution in [1.29, 1.82) is 15.8 Å². The van der Waals surface area contributed by atoms with Gasteiger partial charge in [0.2, 0.25) is 0 Å². The van der Waals surface area contributed by atoms with Crippen LogP contribution < -0.4 is 10.5 Å². The maximum atomic E-state index is 14.1. The van der Waals surface area contributed by atoms with Gasteiger partial charge in [0.15, 0.2) is 0 Å². The Labute approximate surface area is 262 Å². The molecule has 2 N–H and O–H groups in total. The van der Waals surface area contributed by atoms with E-state index in [1.165, 1.54) is 12.1 Å². The third kappa shape index (κ3) is 5.27. The van der Waals surface area contributed by atoms with E-state index in [-0.39, 0.29) is 40.8 Å². The number of fused-ring (bicyclic) bond motifs is 6. The lowest BCUT2D eigenvalue weighted by Gasteiger charge is -2.12. The molecule has 0 bridgehead atoms. The minimum absolute atomic E-state index is 0.0785. The standard InChI is InChI=1S/C35H17F7N4O/c36-31-6-2-18(10-30(31)34(37,38)39)17-1-4-22-24-12-25-23-5-3-21(47-35(40,41)42)11-27(23)33(20(15-45)16-46)29(25)13-28(24)32(26(22)9-17)19(14-44)7-8-43/h1-6,9-13H,7-8,43H2/b32-19+. The molecule has 4 aromatic carbocycles. The van der Waals surface area contributed by atoms with Gasteiger partial charge in [-0.1, -0.05) is 24.3 Å². The van der Waals surface area contributed by atoms with Crippen LogP contribution in [0.4, 0.5) is 30.7 Å². The third-order valence-corrected chi connectivity index (χ3v) is 7.97. The van der Waals surface area contributed by atoms with Crippen LogP contribution in [-0.4, -0.2) is 12.9 Å². The summed E-state index contributed by atoms with van der Waals surface area (Å²) in [5.74, 6) is -1.97. The first-order valence-electron chi connectivity index (χ1n) is 13.8. The molecule has 0 atom stereocenters. The highest BCUT2D eigenvalue weighted by Gasteiger charge is 2.37. The summed E-state index contributed by atoms with van der Waals surface area (Å²) in [6, 6.07) is 20.2. The molecule has 0 aromatic heterocycles. The molecule has 47 heavy (non-hydrogen) atoms. The molecule has 4 aromatic rings. The fourth-order valence-electron chi connectivity index (χ4n) is 6.11. The van der Waals surface area contributed by atoms with Crippen molar-refractivity contribution in [2.45, 2.75) is 19.0 Å². The number of nitrogens with two attached hydrogens (primary N) is 1. The summed E-state index contributed by atoms with van der Waals surface area (Å²) < 4.78 is 97.8. The van der Waals surface area contributed by atoms with Crippen molar-refractivity contribution in [1.82, 2.24) is 0 Å². The van der Waals surface area contributed by atoms with Gasteiger partial charge in [0.25, 0.3) is 0 Å². The first-order chi connectivity index (χ1) is 22.3. The second-order valence-electron chi connectivity index (χ2n) is 10.6. The van der Waals surface area contributed by atoms with Crippen LogP contribution in [0.2, 0.25) is 0 Å². The summed E-state index contributed by atoms with van der Waals surface area (Å²) in [7, 11) is 0. The van der Waals surface area contributed by atoms with E-state index in [1.807, 2.05) is 0 Å². The van der Waals surface area contributed by atoms with E-state index in [0.29, 0.717) is 56.1 Å². The first-order valence-corrected chi connectivity index (χ1v) is 13.8. The van der Waals surface area contributed by atoms with Crippen LogP contribution in [0.3, 0.4) is 0 Å². The van der Waals surface area contributed by atoms with Crippen molar-refractivity contribution in [2.24, 2.45) is 5.73 Å². The average Bonchev–Trinajstić information content (AvgIpc) is 3.49. The van der Waals surface area contributed by atoms with Crippen molar-refractivity contribution in [3.63, 3.8) is 0 Å². The molecular weight excluding hydrogens is 625 g/mol. The molecule has 6 rings (SSSR count). The molecule has 232 valence electrons. The molecule has 2 aliphatic rings. The molecule has 0 aliphatic heterocycles. The molecular formula is C35H17F7N4O. The van der Waals surface area contributed by atoms with Crippen LogP contribution in [0, 0.1) is 39.8 Å². The van der Waals surface area contributed by atoms with Gasteiger partial charge in [-0.25, -0.2) is 4.39 Å². The van der Waals surface area contributed by atoms with Crippen molar-refractivity contribution in [3.8, 4) is 57.3 Å². The van der Waals surface area contributed by atoms with Crippen LogP contribution in [0.1, 0.15) is 34.2 Å². The van der Waals surface area contributed by atoms with E-state index < -0.39 is 29.7 Å². The number of benzene rings is 4. The number of nitriles is 3. The Hall–Kier alpha value is -5.90. The topological polar surface area (TPSA) is 107 Å². The lowest BCUT2D eigenvalue weighted by atomic mass is 9.91. The summed E-state index contributed by atoms with van der Waals surface area (Å²) in [4.78, 5) is 0. The highest BCUT2D eigenvalue weighted by Crippen LogP contribution is 2.54. The summed E-state index contributed by atoms with van der Waals surface area (Å²) >= 11 is 0. The zero-order valence-corrected chi connectivity index (χ0v) is 23.7. The average molecular weight is 643 g/mol. The molecule has 0 saturated carbocycles. The van der Waals surface area contributed by atoms with E-state index in [4.69, 9.17) is 5.73 Å². The molecule has 0 radical (unpaired) electrons. The Morgan fingerprint density at radius 2 is 1.19 bits per heavy atom. The summed E-state index contributed by atoms with van der Waals surface area (Å²) in [5, 5.41) is 29.8. The van der Waals surface area contributed by atoms with Gasteiger partial charge in [0, 0.05) is 16.7 Å². The van der Waals surface area contributed by atoms with Gasteiger partial charge in [-0.2, -0.15) is 29.0 Å². The molecule has 0 unspecified atom stereocenters. The van der Waals surface area contributed by atoms with Gasteiger partial charge in [0.05, 0.1) is 11.6 Å². The highest BCUT2D eigenvalue weighted by atomic mass is 19.4. The molecule has 0 amide bonds. The number of nitrogens with zero attached hydrogens (tertiary/aromatic N) is 3. The zero-order chi connectivity index (χ0) is 33.8. The van der Waals surface area contributed by atoms with E-state index in [2.05, 4.69) is 10.8 Å². The Bertz CT molecular complexity index is 2190. The minimum atomic E-state index is -4.99. The predicted molar refractivity (Wildman–Crippen MR) is 157 cm³/mol. The number of allylic oxidation sites excluding steroid dienone is 1. The van der Waals surface area contributed by atoms with Crippen LogP contribution in [0.5, 0.6) is 5.75 Å². The van der Waals surface area contributed by atoms with Crippen molar-refractivity contribution in [2.75, 3.05) is 6.54 Å². The van der Waals surface area contributed by atoms with E-state index >= 15 is 0 Å². The number of hydrogen-bond acceptors (Lipinski definition) is 5. The van der Waals surface area contributed by atoms with Crippen LogP contribution >= 0.6 is 0 Å². The molecule has 0 heterocycles. The Morgan fingerprint density at radius 3 is 1.79 bits per heavy atom. The summed E-state index contributed by atoms with van der Waals surface area (Å²) in [6.07, 6.45) is -9.79. The maximum Gasteiger partial charge on any atom is 0.573 e. The van der Waals surface area contributed by atoms with E-state index in [0.717, 1.165) is 18.2 Å². The van der Waals surface area contributed by atoms with Gasteiger partial charge in [-0.3, -0.25) is 0 Å². The lowest BCUT2D eigenvalue weighted by molar-refractivity contribution is -0.274. The SMILES string of the molecule is N#CC(C#N)=C1c2cc(OC(F)(F)F)ccc2-c2cc3c(cc21)/C(=C(/C#N)CCN)c1cc(-c2ccc(F)c(C(F)(F)F)c2)ccc1-3. The van der Waals surface area contributed by atoms with Gasteiger partial charge < -0.3 is 10.5 Å². The summed E-state index contributed by atoms with van der Waals surface area (Å²) in [6.45, 7) is 0.0835. The van der Waals surface area contributed by atoms with Crippen molar-refractivity contribution >= 4 is 11.1 Å². The largest absolute Gasteiger partial charge is 0.573 e. The van der Waals surface area contributed by atoms with Gasteiger partial charge in [-0.15, -0.1) is 13.2 Å². The Balaban J connectivity index is 1.61. The maximum absolute atomic E-state index is 14.1. The van der Waals surface area contributed by atoms with Gasteiger partial charge in [-0.05, 0) is 111 Å². The lowest BCUT2D eigenvalue weighted by Crippen LogP contribution is -2.17. The predicted octanol–water partition coefficient (Wildman–Crippen LogP) is 8.89. The Morgan fingerprint density at radius 1 is 0.638 bits per heavy atom. The van der Waals surface area contributed by atoms with Gasteiger partial charge in [0.1, 0.15) is 29.3 Å². The quantitative estimate of drug-likeness (QED) is 0.153. The fraction of sp³-hybridized carbons (Fsp3) is 0.114. The third-order valence-electron chi connectivity index (χ3n) is 7.97. The smallest absolute Gasteiger partial charge is 0.406 e. The van der Waals surface area contributed by atoms with E-state index in [9.17, 15) is 46.5 Å². The fourth-order valence-corrected chi connectivity index (χ4v) is 6.11. The first kappa shape index (κ1) is 31.1. The molecule has 0 fully saturated rings. The second-order valence-corrected chi connectivity index (χ2v) is 10.6. The van der Waals surface area contributed by atoms with Crippen LogP contribution in [-0.2, 0) is 6.18 Å². The van der Waals surface area contributed by atoms with Crippen molar-refractivity contribution < 1.29 is 35.5 Å². The zero-order valence-electron chi connectivity index (χ0n) is 23.7. The van der Waals surface area contributed by atoms with E-state index in [1.54, 1.807) is 42.5 Å². The van der Waals surface area contributed by atoms with Crippen LogP contribution in [0.25, 0.3) is 44.5 Å². The highest BCUT2D eigenvalue weighted by molar-refractivity contribution is 6.11. The number of hydrogen-bond donors (Lipinski definition) is 1. The molecule has 2 aliphatic carbocycles. The normalized spacial score (nSPS) is 13.9. The van der Waals surface area contributed by atoms with Crippen molar-refractivity contribution in [3.05, 3.63) is 112 Å². The summed E-state index contributed by atoms with van der Waals surface area (Å²) in [5.41, 5.74) is 8.78. The van der Waals surface area contributed by atoms with Crippen LogP contribution in [0.15, 0.2) is 77.9 Å². The monoisotopic (exact) mass is 642 g/mol. The number of alkyl halides is 6. The van der Waals surface area contributed by atoms with Gasteiger partial charge >= 0.3 is 12.5 Å². The molecule has 0 saturated heterocycles. The minimum Gasteiger partial charge on any atom is -0.406 e. The Kier molecular flexibility index (Phi) is 7.39. The molecule has 5 nitrogen and oxygen atoms in total. The number of rotatable bonds is 4. The molecule has 0 spiro atoms. The molecule has 12 heteroatoms. The number of ether oxygens (including phenoxy) is 1. The number of halogens is 7. The second kappa shape index (κ2) is 11.2.